The zero-order chi connectivity index (χ0) is 16.9. The van der Waals surface area contributed by atoms with Gasteiger partial charge in [0.1, 0.15) is 11.4 Å². The summed E-state index contributed by atoms with van der Waals surface area (Å²) in [7, 11) is 1.68. The Morgan fingerprint density at radius 2 is 2.04 bits per heavy atom. The summed E-state index contributed by atoms with van der Waals surface area (Å²) in [5.74, 6) is 0.839. The molecule has 128 valence electrons. The predicted molar refractivity (Wildman–Crippen MR) is 90.3 cm³/mol. The minimum absolute atomic E-state index is 0.285. The molecule has 0 atom stereocenters. The number of ether oxygens (including phenoxy) is 3. The lowest BCUT2D eigenvalue weighted by molar-refractivity contribution is 0.0577. The third-order valence-electron chi connectivity index (χ3n) is 3.55. The Morgan fingerprint density at radius 3 is 2.74 bits per heavy atom. The van der Waals surface area contributed by atoms with Crippen molar-refractivity contribution in [3.05, 3.63) is 23.8 Å². The second-order valence-corrected chi connectivity index (χ2v) is 6.72. The molecule has 0 radical (unpaired) electrons. The summed E-state index contributed by atoms with van der Waals surface area (Å²) >= 11 is 0. The molecular weight excluding hydrogens is 294 g/mol. The summed E-state index contributed by atoms with van der Waals surface area (Å²) in [6, 6.07) is 5.89. The van der Waals surface area contributed by atoms with Crippen molar-refractivity contribution in [1.29, 1.82) is 0 Å². The van der Waals surface area contributed by atoms with Crippen molar-refractivity contribution in [2.75, 3.05) is 31.8 Å². The summed E-state index contributed by atoms with van der Waals surface area (Å²) in [6.45, 7) is 7.65. The first kappa shape index (κ1) is 17.6. The van der Waals surface area contributed by atoms with Crippen LogP contribution < -0.4 is 9.64 Å². The van der Waals surface area contributed by atoms with Gasteiger partial charge in [0.15, 0.2) is 0 Å². The Morgan fingerprint density at radius 1 is 1.26 bits per heavy atom. The highest BCUT2D eigenvalue weighted by molar-refractivity contribution is 5.89. The highest BCUT2D eigenvalue weighted by Gasteiger charge is 2.27. The maximum atomic E-state index is 12.4. The van der Waals surface area contributed by atoms with Crippen LogP contribution in [0.2, 0.25) is 0 Å². The van der Waals surface area contributed by atoms with E-state index in [1.165, 1.54) is 0 Å². The average Bonchev–Trinajstić information content (AvgIpc) is 2.49. The van der Waals surface area contributed by atoms with E-state index in [-0.39, 0.29) is 6.09 Å². The van der Waals surface area contributed by atoms with Crippen molar-refractivity contribution in [1.82, 2.24) is 0 Å². The molecule has 0 N–H and O–H groups in total. The third kappa shape index (κ3) is 5.13. The first-order chi connectivity index (χ1) is 10.9. The van der Waals surface area contributed by atoms with Crippen LogP contribution in [0.25, 0.3) is 0 Å². The van der Waals surface area contributed by atoms with Crippen LogP contribution in [0.4, 0.5) is 10.5 Å². The van der Waals surface area contributed by atoms with E-state index in [0.29, 0.717) is 19.8 Å². The Labute approximate surface area is 138 Å². The largest absolute Gasteiger partial charge is 0.493 e. The maximum Gasteiger partial charge on any atom is 0.414 e. The molecule has 0 bridgehead atoms. The van der Waals surface area contributed by atoms with Crippen LogP contribution in [-0.4, -0.2) is 38.6 Å². The van der Waals surface area contributed by atoms with Gasteiger partial charge in [-0.25, -0.2) is 4.79 Å². The van der Waals surface area contributed by atoms with Crippen LogP contribution in [0, 0.1) is 0 Å². The first-order valence-corrected chi connectivity index (χ1v) is 8.16. The number of hydrogen-bond acceptors (Lipinski definition) is 4. The van der Waals surface area contributed by atoms with Crippen LogP contribution in [0.5, 0.6) is 5.75 Å². The average molecular weight is 321 g/mol. The number of carbonyl (C=O) groups excluding carboxylic acids is 1. The molecule has 1 aliphatic heterocycles. The Bertz CT molecular complexity index is 536. The number of aryl methyl sites for hydroxylation is 1. The number of methoxy groups -OCH3 is 1. The number of nitrogens with zero attached hydrogens (tertiary/aromatic N) is 1. The molecule has 23 heavy (non-hydrogen) atoms. The molecule has 1 heterocycles. The van der Waals surface area contributed by atoms with Gasteiger partial charge in [0.05, 0.1) is 12.3 Å². The van der Waals surface area contributed by atoms with E-state index in [0.717, 1.165) is 36.3 Å². The van der Waals surface area contributed by atoms with Crippen LogP contribution in [0.3, 0.4) is 0 Å². The monoisotopic (exact) mass is 321 g/mol. The van der Waals surface area contributed by atoms with Crippen molar-refractivity contribution in [2.24, 2.45) is 0 Å². The van der Waals surface area contributed by atoms with E-state index in [1.807, 2.05) is 39.0 Å². The number of benzene rings is 1. The molecule has 0 spiro atoms. The zero-order valence-electron chi connectivity index (χ0n) is 14.6. The van der Waals surface area contributed by atoms with Gasteiger partial charge >= 0.3 is 6.09 Å². The van der Waals surface area contributed by atoms with Gasteiger partial charge in [-0.05, 0) is 57.4 Å². The minimum Gasteiger partial charge on any atom is -0.493 e. The number of amides is 1. The summed E-state index contributed by atoms with van der Waals surface area (Å²) < 4.78 is 16.2. The van der Waals surface area contributed by atoms with Crippen LogP contribution in [0.1, 0.15) is 39.2 Å². The molecular formula is C18H27NO4. The molecule has 5 nitrogen and oxygen atoms in total. The van der Waals surface area contributed by atoms with Gasteiger partial charge in [-0.2, -0.15) is 0 Å². The van der Waals surface area contributed by atoms with E-state index in [1.54, 1.807) is 12.0 Å². The second-order valence-electron chi connectivity index (χ2n) is 6.72. The first-order valence-electron chi connectivity index (χ1n) is 8.16. The molecule has 2 rings (SSSR count). The summed E-state index contributed by atoms with van der Waals surface area (Å²) in [4.78, 5) is 14.1. The molecule has 0 saturated heterocycles. The Kier molecular flexibility index (Phi) is 5.88. The van der Waals surface area contributed by atoms with Crippen LogP contribution >= 0.6 is 0 Å². The second kappa shape index (κ2) is 7.68. The van der Waals surface area contributed by atoms with Gasteiger partial charge in [0, 0.05) is 26.7 Å². The lowest BCUT2D eigenvalue weighted by Gasteiger charge is -2.31. The Hall–Kier alpha value is -1.75. The van der Waals surface area contributed by atoms with Crippen molar-refractivity contribution < 1.29 is 19.0 Å². The molecule has 5 heteroatoms. The number of anilines is 1. The predicted octanol–water partition coefficient (Wildman–Crippen LogP) is 3.79. The lowest BCUT2D eigenvalue weighted by Crippen LogP contribution is -2.39. The summed E-state index contributed by atoms with van der Waals surface area (Å²) in [5.41, 5.74) is 1.57. The SMILES string of the molecule is COCCCOc1ccc2c(c1)CCCN2C(=O)OC(C)(C)C. The molecule has 1 aliphatic rings. The third-order valence-corrected chi connectivity index (χ3v) is 3.55. The van der Waals surface area contributed by atoms with Crippen molar-refractivity contribution in [2.45, 2.75) is 45.6 Å². The molecule has 0 fully saturated rings. The fourth-order valence-corrected chi connectivity index (χ4v) is 2.56. The minimum atomic E-state index is -0.487. The highest BCUT2D eigenvalue weighted by atomic mass is 16.6. The van der Waals surface area contributed by atoms with E-state index in [9.17, 15) is 4.79 Å². The molecule has 0 aromatic heterocycles. The van der Waals surface area contributed by atoms with Gasteiger partial charge in [-0.3, -0.25) is 4.90 Å². The van der Waals surface area contributed by atoms with Gasteiger partial charge in [-0.1, -0.05) is 0 Å². The molecule has 0 saturated carbocycles. The number of fused-ring (bicyclic) bond motifs is 1. The zero-order valence-corrected chi connectivity index (χ0v) is 14.6. The maximum absolute atomic E-state index is 12.4. The molecule has 0 unspecified atom stereocenters. The Balaban J connectivity index is 2.06. The highest BCUT2D eigenvalue weighted by Crippen LogP contribution is 2.31. The number of hydrogen-bond donors (Lipinski definition) is 0. The van der Waals surface area contributed by atoms with Gasteiger partial charge < -0.3 is 14.2 Å². The van der Waals surface area contributed by atoms with Crippen molar-refractivity contribution >= 4 is 11.8 Å². The van der Waals surface area contributed by atoms with E-state index in [4.69, 9.17) is 14.2 Å². The summed E-state index contributed by atoms with van der Waals surface area (Å²) in [6.07, 6.45) is 2.45. The normalized spacial score (nSPS) is 14.3. The van der Waals surface area contributed by atoms with Crippen LogP contribution in [0.15, 0.2) is 18.2 Å². The molecule has 1 aromatic carbocycles. The van der Waals surface area contributed by atoms with Gasteiger partial charge in [0.2, 0.25) is 0 Å². The fraction of sp³-hybridized carbons (Fsp3) is 0.611. The molecule has 1 aromatic rings. The van der Waals surface area contributed by atoms with Gasteiger partial charge in [-0.15, -0.1) is 0 Å². The van der Waals surface area contributed by atoms with E-state index in [2.05, 4.69) is 0 Å². The lowest BCUT2D eigenvalue weighted by atomic mass is 10.0. The number of carbonyl (C=O) groups is 1. The molecule has 1 amide bonds. The molecule has 0 aliphatic carbocycles. The quantitative estimate of drug-likeness (QED) is 0.774. The van der Waals surface area contributed by atoms with Crippen molar-refractivity contribution in [3.63, 3.8) is 0 Å². The standard InChI is InChI=1S/C18H27NO4/c1-18(2,3)23-17(20)19-10-5-7-14-13-15(8-9-16(14)19)22-12-6-11-21-4/h8-9,13H,5-7,10-12H2,1-4H3. The van der Waals surface area contributed by atoms with E-state index < -0.39 is 5.60 Å². The smallest absolute Gasteiger partial charge is 0.414 e. The van der Waals surface area contributed by atoms with Gasteiger partial charge in [0.25, 0.3) is 0 Å². The van der Waals surface area contributed by atoms with Crippen molar-refractivity contribution in [3.8, 4) is 5.75 Å². The summed E-state index contributed by atoms with van der Waals surface area (Å²) in [5, 5.41) is 0. The topological polar surface area (TPSA) is 48.0 Å². The fourth-order valence-electron chi connectivity index (χ4n) is 2.56. The van der Waals surface area contributed by atoms with Crippen LogP contribution in [-0.2, 0) is 15.9 Å². The van der Waals surface area contributed by atoms with E-state index >= 15 is 0 Å². The number of rotatable bonds is 5.